The van der Waals surface area contributed by atoms with E-state index in [4.69, 9.17) is 51.8 Å². The minimum atomic E-state index is -1.44. The molecule has 0 aliphatic heterocycles. The molecule has 176 valence electrons. The number of carboxylic acids is 4. The predicted molar refractivity (Wildman–Crippen MR) is 94.6 cm³/mol. The maximum atomic E-state index is 9.86. The van der Waals surface area contributed by atoms with Gasteiger partial charge in [0.2, 0.25) is 5.24 Å². The van der Waals surface area contributed by atoms with Gasteiger partial charge in [-0.05, 0) is 11.6 Å². The first kappa shape index (κ1) is 58.0. The van der Waals surface area contributed by atoms with E-state index < -0.39 is 43.1 Å². The van der Waals surface area contributed by atoms with Crippen molar-refractivity contribution in [3.63, 3.8) is 0 Å². The van der Waals surface area contributed by atoms with Gasteiger partial charge in [-0.1, -0.05) is 0 Å². The first-order valence-corrected chi connectivity index (χ1v) is 7.29. The summed E-state index contributed by atoms with van der Waals surface area (Å²) in [4.78, 5) is 55.9. The van der Waals surface area contributed by atoms with E-state index in [1.54, 1.807) is 0 Å². The fraction of sp³-hybridized carbons (Fsp3) is 0.538. The number of carboxylic acid groups (broad SMARTS) is 4. The second-order valence-corrected chi connectivity index (χ2v) is 4.02. The van der Waals surface area contributed by atoms with Crippen molar-refractivity contribution in [3.05, 3.63) is 0 Å². The summed E-state index contributed by atoms with van der Waals surface area (Å²) in [6.45, 7) is 2.10. The summed E-state index contributed by atoms with van der Waals surface area (Å²) < 4.78 is 4.06. The summed E-state index contributed by atoms with van der Waals surface area (Å²) in [6.07, 6.45) is 0. The van der Waals surface area contributed by atoms with Crippen LogP contribution in [0.2, 0.25) is 0 Å². The molecule has 0 rings (SSSR count). The van der Waals surface area contributed by atoms with Gasteiger partial charge < -0.3 is 45.6 Å². The van der Waals surface area contributed by atoms with Gasteiger partial charge in [0.25, 0.3) is 5.97 Å². The molecular formula is C13H24Cl2K2O14. The first-order valence-electron chi connectivity index (χ1n) is 6.37. The number of esters is 1. The molecule has 0 aromatic carbocycles. The van der Waals surface area contributed by atoms with Gasteiger partial charge in [-0.25, -0.2) is 4.79 Å². The standard InChI is InChI=1S/C4H6O4.C2H3ClO2.C2H3ClO.C2H4O3.C2H4O2.CH4O.2K.H2O/c1-3(5)8-2-4(6)7;3-1-2(4)5;1-2(3)4;3-1-2(4)5;1-2(3)4;1-2;;;/h2H2,1H3,(H,6,7);1H2,(H,4,5);1H3;3H,1H2,(H,4,5);1H3,(H,3,4);2H,1H3;;;1H2/q;;;;;;2*+1;/p-2. The van der Waals surface area contributed by atoms with Crippen molar-refractivity contribution >= 4 is 58.3 Å². The minimum absolute atomic E-state index is 0. The number of ether oxygens (including phenoxy) is 1. The number of aliphatic hydroxyl groups is 2. The molecule has 31 heavy (non-hydrogen) atoms. The molecule has 18 heteroatoms. The molecule has 0 aliphatic carbocycles. The number of carbonyl (C=O) groups is 6. The van der Waals surface area contributed by atoms with E-state index in [0.717, 1.165) is 21.0 Å². The van der Waals surface area contributed by atoms with Gasteiger partial charge in [-0.3, -0.25) is 19.2 Å². The fourth-order valence-electron chi connectivity index (χ4n) is 0.163. The van der Waals surface area contributed by atoms with Gasteiger partial charge in [-0.2, -0.15) is 0 Å². The number of halogens is 2. The van der Waals surface area contributed by atoms with Crippen molar-refractivity contribution in [1.29, 1.82) is 0 Å². The zero-order valence-corrected chi connectivity index (χ0v) is 25.6. The molecule has 0 aromatic heterocycles. The van der Waals surface area contributed by atoms with Crippen molar-refractivity contribution in [2.45, 2.75) is 20.8 Å². The van der Waals surface area contributed by atoms with Crippen LogP contribution in [0.25, 0.3) is 0 Å². The summed E-state index contributed by atoms with van der Waals surface area (Å²) >= 11 is 9.37. The van der Waals surface area contributed by atoms with Gasteiger partial charge in [0, 0.05) is 27.9 Å². The van der Waals surface area contributed by atoms with Crippen LogP contribution in [0.3, 0.4) is 0 Å². The molecule has 0 fully saturated rings. The van der Waals surface area contributed by atoms with Gasteiger partial charge in [0.1, 0.15) is 5.88 Å². The fourth-order valence-corrected chi connectivity index (χ4v) is 0.163. The van der Waals surface area contributed by atoms with Crippen molar-refractivity contribution in [1.82, 2.24) is 0 Å². The summed E-state index contributed by atoms with van der Waals surface area (Å²) in [5.74, 6) is -5.27. The van der Waals surface area contributed by atoms with E-state index in [0.29, 0.717) is 0 Å². The quantitative estimate of drug-likeness (QED) is 0.0937. The van der Waals surface area contributed by atoms with E-state index in [-0.39, 0.29) is 119 Å². The Bertz CT molecular complexity index is 402. The first-order chi connectivity index (χ1) is 12.6. The molecule has 6 N–H and O–H groups in total. The van der Waals surface area contributed by atoms with Crippen molar-refractivity contribution < 1.29 is 172 Å². The molecule has 0 spiro atoms. The van der Waals surface area contributed by atoms with Crippen LogP contribution in [-0.2, 0) is 33.5 Å². The molecule has 0 atom stereocenters. The van der Waals surface area contributed by atoms with Crippen LogP contribution in [0.1, 0.15) is 20.8 Å². The number of hydrogen-bond acceptors (Lipinski definition) is 11. The zero-order chi connectivity index (χ0) is 24.3. The molecule has 0 bridgehead atoms. The second-order valence-electron chi connectivity index (χ2n) is 3.22. The normalized spacial score (nSPS) is 6.32. The molecule has 0 saturated carbocycles. The Kier molecular flexibility index (Phi) is 98.4. The summed E-state index contributed by atoms with van der Waals surface area (Å²) in [7, 11) is 1.00. The third-order valence-electron chi connectivity index (χ3n) is 0.642. The number of aliphatic carboxylic acids is 4. The second kappa shape index (κ2) is 52.6. The molecule has 0 aromatic rings. The Morgan fingerprint density at radius 1 is 0.871 bits per heavy atom. The third-order valence-corrected chi connectivity index (χ3v) is 0.871. The van der Waals surface area contributed by atoms with Crippen LogP contribution in [0.15, 0.2) is 0 Å². The van der Waals surface area contributed by atoms with Crippen LogP contribution in [-0.4, -0.2) is 92.3 Å². The maximum Gasteiger partial charge on any atom is 1.00 e. The van der Waals surface area contributed by atoms with Crippen molar-refractivity contribution in [3.8, 4) is 0 Å². The SMILES string of the molecule is CC(=O)Cl.CC(=O)O.CC(=O)OCC(=O)O.CO.O=C(O)CCl.O=C([O-])CO.[K+].[K+].[OH-]. The van der Waals surface area contributed by atoms with Crippen LogP contribution >= 0.6 is 23.2 Å². The molecule has 0 aliphatic rings. The summed E-state index contributed by atoms with van der Waals surface area (Å²) in [5.41, 5.74) is 0. The number of hydrogen-bond donors (Lipinski definition) is 5. The van der Waals surface area contributed by atoms with Crippen molar-refractivity contribution in [2.24, 2.45) is 0 Å². The van der Waals surface area contributed by atoms with Crippen molar-refractivity contribution in [2.75, 3.05) is 26.2 Å². The third kappa shape index (κ3) is 267. The van der Waals surface area contributed by atoms with Gasteiger partial charge in [-0.15, -0.1) is 11.6 Å². The van der Waals surface area contributed by atoms with E-state index in [2.05, 4.69) is 16.3 Å². The van der Waals surface area contributed by atoms with Gasteiger partial charge in [0.05, 0.1) is 12.6 Å². The zero-order valence-electron chi connectivity index (χ0n) is 17.8. The van der Waals surface area contributed by atoms with Crippen LogP contribution in [0, 0.1) is 0 Å². The summed E-state index contributed by atoms with van der Waals surface area (Å²) in [5, 5.41) is 46.0. The number of alkyl halides is 1. The molecular weight excluding hydrogens is 529 g/mol. The molecule has 0 radical (unpaired) electrons. The average Bonchev–Trinajstić information content (AvgIpc) is 2.54. The maximum absolute atomic E-state index is 9.86. The van der Waals surface area contributed by atoms with Gasteiger partial charge >= 0.3 is 121 Å². The van der Waals surface area contributed by atoms with Crippen LogP contribution < -0.4 is 108 Å². The predicted octanol–water partition coefficient (Wildman–Crippen LogP) is -8.03. The Morgan fingerprint density at radius 2 is 1.06 bits per heavy atom. The molecule has 14 nitrogen and oxygen atoms in total. The molecule has 0 saturated heterocycles. The topological polar surface area (TPSA) is 266 Å². The molecule has 0 amide bonds. The minimum Gasteiger partial charge on any atom is -0.870 e. The van der Waals surface area contributed by atoms with E-state index in [1.807, 2.05) is 0 Å². The Hall–Kier alpha value is 0.753. The molecule has 0 heterocycles. The number of rotatable bonds is 4. The smallest absolute Gasteiger partial charge is 0.870 e. The largest absolute Gasteiger partial charge is 1.00 e. The Morgan fingerprint density at radius 3 is 1.10 bits per heavy atom. The Labute approximate surface area is 273 Å². The number of aliphatic hydroxyl groups excluding tert-OH is 2. The van der Waals surface area contributed by atoms with Crippen LogP contribution in [0.4, 0.5) is 0 Å². The molecule has 0 unspecified atom stereocenters. The summed E-state index contributed by atoms with van der Waals surface area (Å²) in [6, 6.07) is 0. The van der Waals surface area contributed by atoms with E-state index >= 15 is 0 Å². The van der Waals surface area contributed by atoms with E-state index in [9.17, 15) is 19.2 Å². The van der Waals surface area contributed by atoms with E-state index in [1.165, 1.54) is 6.92 Å². The van der Waals surface area contributed by atoms with Crippen LogP contribution in [0.5, 0.6) is 0 Å². The van der Waals surface area contributed by atoms with Gasteiger partial charge in [0.15, 0.2) is 6.61 Å². The Balaban J connectivity index is -0.0000000273. The number of carbonyl (C=O) groups excluding carboxylic acids is 3. The average molecular weight is 553 g/mol. The monoisotopic (exact) mass is 552 g/mol.